The summed E-state index contributed by atoms with van der Waals surface area (Å²) in [6.07, 6.45) is -3.61. The van der Waals surface area contributed by atoms with Crippen LogP contribution in [0.4, 0.5) is 24.5 Å². The van der Waals surface area contributed by atoms with E-state index in [2.05, 4.69) is 20.5 Å². The number of aromatic amines is 1. The van der Waals surface area contributed by atoms with Crippen LogP contribution < -0.4 is 11.1 Å². The molecule has 2 heterocycles. The molecule has 0 saturated carbocycles. The highest BCUT2D eigenvalue weighted by molar-refractivity contribution is 6.06. The van der Waals surface area contributed by atoms with Crippen LogP contribution in [0.5, 0.6) is 0 Å². The normalized spacial score (nSPS) is 11.4. The Labute approximate surface area is 111 Å². The predicted octanol–water partition coefficient (Wildman–Crippen LogP) is 1.97. The minimum Gasteiger partial charge on any atom is -0.395 e. The van der Waals surface area contributed by atoms with Gasteiger partial charge in [0.05, 0.1) is 23.3 Å². The number of hydrogen-bond donors (Lipinski definition) is 3. The molecule has 0 radical (unpaired) electrons. The van der Waals surface area contributed by atoms with E-state index in [-0.39, 0.29) is 17.1 Å². The number of halogens is 3. The Balaban J connectivity index is 2.15. The fourth-order valence-corrected chi connectivity index (χ4v) is 1.44. The molecule has 2 aromatic rings. The van der Waals surface area contributed by atoms with Crippen LogP contribution in [0.15, 0.2) is 18.3 Å². The number of alkyl halides is 3. The Morgan fingerprint density at radius 2 is 2.10 bits per heavy atom. The molecule has 0 aromatic carbocycles. The second-order valence-electron chi connectivity index (χ2n) is 3.99. The summed E-state index contributed by atoms with van der Waals surface area (Å²) >= 11 is 0. The van der Waals surface area contributed by atoms with Crippen LogP contribution >= 0.6 is 0 Å². The summed E-state index contributed by atoms with van der Waals surface area (Å²) in [6, 6.07) is 1.87. The fraction of sp³-hybridized carbons (Fsp3) is 0.182. The highest BCUT2D eigenvalue weighted by Crippen LogP contribution is 2.27. The van der Waals surface area contributed by atoms with E-state index in [1.165, 1.54) is 0 Å². The van der Waals surface area contributed by atoms with Gasteiger partial charge in [-0.2, -0.15) is 18.3 Å². The minimum absolute atomic E-state index is 0.0256. The molecule has 0 unspecified atom stereocenters. The van der Waals surface area contributed by atoms with Crippen molar-refractivity contribution < 1.29 is 18.0 Å². The number of carbonyl (C=O) groups excluding carboxylic acids is 1. The average Bonchev–Trinajstić information content (AvgIpc) is 2.69. The van der Waals surface area contributed by atoms with Crippen molar-refractivity contribution in [3.63, 3.8) is 0 Å². The molecule has 2 aromatic heterocycles. The number of nitrogen functional groups attached to an aromatic ring is 1. The molecule has 0 aliphatic rings. The van der Waals surface area contributed by atoms with E-state index in [1.54, 1.807) is 6.92 Å². The first kappa shape index (κ1) is 13.8. The van der Waals surface area contributed by atoms with Gasteiger partial charge in [0.1, 0.15) is 5.69 Å². The number of aryl methyl sites for hydroxylation is 1. The van der Waals surface area contributed by atoms with Crippen molar-refractivity contribution in [2.45, 2.75) is 13.1 Å². The van der Waals surface area contributed by atoms with Crippen molar-refractivity contribution in [1.29, 1.82) is 0 Å². The lowest BCUT2D eigenvalue weighted by atomic mass is 10.3. The third-order valence-electron chi connectivity index (χ3n) is 2.52. The van der Waals surface area contributed by atoms with Crippen LogP contribution in [0.25, 0.3) is 0 Å². The third-order valence-corrected chi connectivity index (χ3v) is 2.52. The molecule has 6 nitrogen and oxygen atoms in total. The Kier molecular flexibility index (Phi) is 3.35. The molecule has 20 heavy (non-hydrogen) atoms. The molecule has 1 amide bonds. The van der Waals surface area contributed by atoms with Gasteiger partial charge in [0, 0.05) is 0 Å². The van der Waals surface area contributed by atoms with Gasteiger partial charge in [-0.15, -0.1) is 0 Å². The number of amides is 1. The van der Waals surface area contributed by atoms with E-state index < -0.39 is 17.8 Å². The lowest BCUT2D eigenvalue weighted by Crippen LogP contribution is -2.15. The Morgan fingerprint density at radius 1 is 1.40 bits per heavy atom. The van der Waals surface area contributed by atoms with E-state index >= 15 is 0 Å². The van der Waals surface area contributed by atoms with E-state index in [9.17, 15) is 18.0 Å². The van der Waals surface area contributed by atoms with Crippen LogP contribution in [-0.4, -0.2) is 21.1 Å². The molecule has 4 N–H and O–H groups in total. The van der Waals surface area contributed by atoms with Gasteiger partial charge < -0.3 is 11.1 Å². The highest BCUT2D eigenvalue weighted by atomic mass is 19.4. The smallest absolute Gasteiger partial charge is 0.395 e. The zero-order chi connectivity index (χ0) is 14.9. The quantitative estimate of drug-likeness (QED) is 0.785. The zero-order valence-corrected chi connectivity index (χ0v) is 10.2. The van der Waals surface area contributed by atoms with Crippen molar-refractivity contribution >= 4 is 17.3 Å². The van der Waals surface area contributed by atoms with Crippen LogP contribution in [-0.2, 0) is 6.18 Å². The number of aromatic nitrogens is 3. The summed E-state index contributed by atoms with van der Waals surface area (Å²) < 4.78 is 37.0. The maximum absolute atomic E-state index is 12.3. The van der Waals surface area contributed by atoms with Crippen LogP contribution in [0.1, 0.15) is 21.9 Å². The molecule has 0 spiro atoms. The van der Waals surface area contributed by atoms with Gasteiger partial charge in [-0.1, -0.05) is 0 Å². The molecule has 0 aliphatic carbocycles. The first-order valence-corrected chi connectivity index (χ1v) is 5.44. The predicted molar refractivity (Wildman–Crippen MR) is 64.9 cm³/mol. The van der Waals surface area contributed by atoms with Crippen LogP contribution in [0.2, 0.25) is 0 Å². The molecular weight excluding hydrogens is 275 g/mol. The summed E-state index contributed by atoms with van der Waals surface area (Å²) in [5, 5.41) is 8.60. The fourth-order valence-electron chi connectivity index (χ4n) is 1.44. The van der Waals surface area contributed by atoms with Crippen molar-refractivity contribution in [3.8, 4) is 0 Å². The Morgan fingerprint density at radius 3 is 2.55 bits per heavy atom. The summed E-state index contributed by atoms with van der Waals surface area (Å²) in [4.78, 5) is 15.0. The minimum atomic E-state index is -4.52. The first-order valence-electron chi connectivity index (χ1n) is 5.44. The van der Waals surface area contributed by atoms with E-state index in [0.717, 1.165) is 18.3 Å². The largest absolute Gasteiger partial charge is 0.433 e. The summed E-state index contributed by atoms with van der Waals surface area (Å²) in [5.74, 6) is -0.631. The van der Waals surface area contributed by atoms with Gasteiger partial charge in [0.25, 0.3) is 5.91 Å². The number of pyridine rings is 1. The number of hydrogen-bond acceptors (Lipinski definition) is 4. The molecule has 0 saturated heterocycles. The number of nitrogens with one attached hydrogen (secondary N) is 2. The van der Waals surface area contributed by atoms with Gasteiger partial charge in [0.15, 0.2) is 5.69 Å². The average molecular weight is 285 g/mol. The molecule has 106 valence electrons. The monoisotopic (exact) mass is 285 g/mol. The van der Waals surface area contributed by atoms with Crippen molar-refractivity contribution in [1.82, 2.24) is 15.2 Å². The molecule has 0 atom stereocenters. The lowest BCUT2D eigenvalue weighted by molar-refractivity contribution is -0.141. The van der Waals surface area contributed by atoms with Crippen LogP contribution in [0, 0.1) is 6.92 Å². The van der Waals surface area contributed by atoms with Gasteiger partial charge in [-0.3, -0.25) is 9.89 Å². The topological polar surface area (TPSA) is 96.7 Å². The van der Waals surface area contributed by atoms with Gasteiger partial charge in [0.2, 0.25) is 0 Å². The SMILES string of the molecule is Cc1[nH]nc(C(=O)Nc2ccc(C(F)(F)F)nc2)c1N. The second-order valence-corrected chi connectivity index (χ2v) is 3.99. The summed E-state index contributed by atoms with van der Waals surface area (Å²) in [7, 11) is 0. The molecular formula is C11H10F3N5O. The van der Waals surface area contributed by atoms with Gasteiger partial charge >= 0.3 is 6.18 Å². The van der Waals surface area contributed by atoms with Gasteiger partial charge in [-0.25, -0.2) is 4.98 Å². The number of anilines is 2. The van der Waals surface area contributed by atoms with Gasteiger partial charge in [-0.05, 0) is 19.1 Å². The van der Waals surface area contributed by atoms with Crippen molar-refractivity contribution in [2.24, 2.45) is 0 Å². The maximum atomic E-state index is 12.3. The molecule has 0 bridgehead atoms. The van der Waals surface area contributed by atoms with E-state index in [4.69, 9.17) is 5.73 Å². The summed E-state index contributed by atoms with van der Waals surface area (Å²) in [6.45, 7) is 1.64. The molecule has 2 rings (SSSR count). The van der Waals surface area contributed by atoms with Crippen molar-refractivity contribution in [3.05, 3.63) is 35.4 Å². The first-order chi connectivity index (χ1) is 9.29. The second kappa shape index (κ2) is 4.83. The highest BCUT2D eigenvalue weighted by Gasteiger charge is 2.32. The lowest BCUT2D eigenvalue weighted by Gasteiger charge is -2.07. The molecule has 0 aliphatic heterocycles. The Hall–Kier alpha value is -2.58. The molecule has 9 heteroatoms. The number of nitrogens with two attached hydrogens (primary N) is 1. The standard InChI is InChI=1S/C11H10F3N5O/c1-5-8(15)9(19-18-5)10(20)17-6-2-3-7(16-4-6)11(12,13)14/h2-4H,15H2,1H3,(H,17,20)(H,18,19). The summed E-state index contributed by atoms with van der Waals surface area (Å²) in [5.41, 5.74) is 5.38. The zero-order valence-electron chi connectivity index (χ0n) is 10.2. The number of carbonyl (C=O) groups is 1. The number of nitrogens with zero attached hydrogens (tertiary/aromatic N) is 2. The third kappa shape index (κ3) is 2.71. The van der Waals surface area contributed by atoms with E-state index in [1.807, 2.05) is 0 Å². The number of H-pyrrole nitrogens is 1. The van der Waals surface area contributed by atoms with Crippen LogP contribution in [0.3, 0.4) is 0 Å². The van der Waals surface area contributed by atoms with E-state index in [0.29, 0.717) is 5.69 Å². The number of rotatable bonds is 2. The van der Waals surface area contributed by atoms with Crippen molar-refractivity contribution in [2.75, 3.05) is 11.1 Å². The Bertz CT molecular complexity index is 632. The maximum Gasteiger partial charge on any atom is 0.433 e. The molecule has 0 fully saturated rings.